The van der Waals surface area contributed by atoms with Crippen LogP contribution in [-0.4, -0.2) is 48.0 Å². The molecule has 13 heteroatoms. The second kappa shape index (κ2) is 5.31. The van der Waals surface area contributed by atoms with Crippen molar-refractivity contribution >= 4 is 33.7 Å². The number of piperidine rings is 2. The number of hydrogen-bond acceptors (Lipinski definition) is 7. The molecule has 0 unspecified atom stereocenters. The van der Waals surface area contributed by atoms with Gasteiger partial charge in [-0.1, -0.05) is 0 Å². The number of benzene rings is 1. The molecular formula is C15H9F3N2O7S. The minimum absolute atomic E-state index is 0.0467. The highest BCUT2D eigenvalue weighted by Crippen LogP contribution is 2.49. The van der Waals surface area contributed by atoms with Crippen molar-refractivity contribution in [2.75, 3.05) is 0 Å². The molecule has 1 N–H and O–H groups in total. The largest absolute Gasteiger partial charge is 0.534 e. The summed E-state index contributed by atoms with van der Waals surface area (Å²) in [6.07, 6.45) is -0.0934. The second-order valence-electron chi connectivity index (χ2n) is 6.59. The first-order valence-corrected chi connectivity index (χ1v) is 9.17. The third-order valence-corrected chi connectivity index (χ3v) is 5.95. The minimum Gasteiger partial charge on any atom is -0.376 e. The Bertz CT molecular complexity index is 1070. The molecular weight excluding hydrogens is 409 g/mol. The van der Waals surface area contributed by atoms with Gasteiger partial charge in [-0.05, 0) is 31.0 Å². The van der Waals surface area contributed by atoms with Gasteiger partial charge in [-0.25, -0.2) is 0 Å². The van der Waals surface area contributed by atoms with Crippen LogP contribution >= 0.6 is 0 Å². The van der Waals surface area contributed by atoms with E-state index in [2.05, 4.69) is 9.50 Å². The molecule has 1 aliphatic carbocycles. The zero-order valence-electron chi connectivity index (χ0n) is 13.6. The van der Waals surface area contributed by atoms with Gasteiger partial charge in [-0.2, -0.15) is 21.6 Å². The van der Waals surface area contributed by atoms with Gasteiger partial charge in [0.05, 0.1) is 11.1 Å². The third kappa shape index (κ3) is 2.28. The van der Waals surface area contributed by atoms with E-state index >= 15 is 0 Å². The lowest BCUT2D eigenvalue weighted by molar-refractivity contribution is -0.158. The van der Waals surface area contributed by atoms with Crippen LogP contribution in [0.3, 0.4) is 0 Å². The normalized spacial score (nSPS) is 26.7. The predicted octanol–water partition coefficient (Wildman–Crippen LogP) is 0.316. The van der Waals surface area contributed by atoms with Crippen LogP contribution in [0.2, 0.25) is 0 Å². The van der Waals surface area contributed by atoms with Crippen LogP contribution in [0.15, 0.2) is 18.2 Å². The van der Waals surface area contributed by atoms with Crippen LogP contribution in [0.4, 0.5) is 13.2 Å². The van der Waals surface area contributed by atoms with Gasteiger partial charge in [0.2, 0.25) is 5.91 Å². The van der Waals surface area contributed by atoms with E-state index in [1.54, 1.807) is 0 Å². The molecule has 2 saturated heterocycles. The number of halogens is 3. The quantitative estimate of drug-likeness (QED) is 0.425. The molecule has 0 radical (unpaired) electrons. The first-order valence-electron chi connectivity index (χ1n) is 7.76. The molecule has 4 aliphatic rings. The maximum Gasteiger partial charge on any atom is 0.534 e. The zero-order valence-corrected chi connectivity index (χ0v) is 14.4. The Morgan fingerprint density at radius 2 is 1.68 bits per heavy atom. The van der Waals surface area contributed by atoms with Gasteiger partial charge in [0.25, 0.3) is 17.7 Å². The molecule has 5 rings (SSSR count). The Morgan fingerprint density at radius 3 is 2.25 bits per heavy atom. The van der Waals surface area contributed by atoms with Crippen molar-refractivity contribution in [2.45, 2.75) is 23.9 Å². The molecule has 9 nitrogen and oxygen atoms in total. The van der Waals surface area contributed by atoms with Gasteiger partial charge >= 0.3 is 15.6 Å². The van der Waals surface area contributed by atoms with Crippen molar-refractivity contribution in [2.24, 2.45) is 5.92 Å². The number of alkyl halides is 3. The molecule has 3 heterocycles. The molecule has 4 amide bonds. The van der Waals surface area contributed by atoms with E-state index in [9.17, 15) is 40.8 Å². The summed E-state index contributed by atoms with van der Waals surface area (Å²) in [5, 5.41) is 2.07. The summed E-state index contributed by atoms with van der Waals surface area (Å²) in [6, 6.07) is 2.43. The summed E-state index contributed by atoms with van der Waals surface area (Å²) in [7, 11) is -5.96. The van der Waals surface area contributed by atoms with Crippen molar-refractivity contribution in [3.63, 3.8) is 0 Å². The summed E-state index contributed by atoms with van der Waals surface area (Å²) in [6.45, 7) is 0. The lowest BCUT2D eigenvalue weighted by Gasteiger charge is -2.52. The minimum atomic E-state index is -5.96. The standard InChI is InChI=1S/C15H9F3N2O7S/c16-15(17,18)28(25,26)27-7-1-2-8-9(3-7)12(23)20(11(8)22)14-4-6(5-14)10(21)19-13(14)24/h1-3,6H,4-5H2,(H,19,21,24). The Hall–Kier alpha value is -2.96. The molecule has 3 fully saturated rings. The van der Waals surface area contributed by atoms with Crippen LogP contribution in [0.1, 0.15) is 33.6 Å². The van der Waals surface area contributed by atoms with Gasteiger partial charge in [0, 0.05) is 5.92 Å². The van der Waals surface area contributed by atoms with Crippen molar-refractivity contribution in [1.29, 1.82) is 0 Å². The van der Waals surface area contributed by atoms with Crippen molar-refractivity contribution in [3.05, 3.63) is 29.3 Å². The Balaban J connectivity index is 1.68. The summed E-state index contributed by atoms with van der Waals surface area (Å²) in [5.41, 5.74) is -7.85. The van der Waals surface area contributed by atoms with E-state index in [-0.39, 0.29) is 18.4 Å². The number of imide groups is 2. The molecule has 148 valence electrons. The van der Waals surface area contributed by atoms with Crippen LogP contribution in [0.25, 0.3) is 0 Å². The summed E-state index contributed by atoms with van der Waals surface area (Å²) >= 11 is 0. The number of hydrogen-bond donors (Lipinski definition) is 1. The van der Waals surface area contributed by atoms with E-state index in [1.165, 1.54) is 0 Å². The SMILES string of the molecule is O=C1NC(=O)C2(N3C(=O)c4ccc(OS(=O)(=O)C(F)(F)F)cc4C3=O)CC1C2. The lowest BCUT2D eigenvalue weighted by Crippen LogP contribution is -2.74. The number of amides is 4. The first kappa shape index (κ1) is 18.4. The zero-order chi connectivity index (χ0) is 20.6. The molecule has 3 aliphatic heterocycles. The second-order valence-corrected chi connectivity index (χ2v) is 8.13. The first-order chi connectivity index (χ1) is 12.9. The molecule has 0 atom stereocenters. The fourth-order valence-electron chi connectivity index (χ4n) is 3.58. The maximum absolute atomic E-state index is 12.7. The van der Waals surface area contributed by atoms with Crippen LogP contribution in [0.5, 0.6) is 5.75 Å². The van der Waals surface area contributed by atoms with E-state index < -0.39 is 62.0 Å². The van der Waals surface area contributed by atoms with Crippen molar-refractivity contribution in [1.82, 2.24) is 10.2 Å². The van der Waals surface area contributed by atoms with E-state index in [4.69, 9.17) is 0 Å². The lowest BCUT2D eigenvalue weighted by atomic mass is 9.63. The monoisotopic (exact) mass is 418 g/mol. The highest BCUT2D eigenvalue weighted by Gasteiger charge is 2.65. The number of nitrogens with zero attached hydrogens (tertiary/aromatic N) is 1. The highest BCUT2D eigenvalue weighted by molar-refractivity contribution is 7.88. The van der Waals surface area contributed by atoms with Gasteiger partial charge in [-0.3, -0.25) is 29.4 Å². The van der Waals surface area contributed by atoms with Crippen LogP contribution in [0, 0.1) is 5.92 Å². The van der Waals surface area contributed by atoms with Crippen LogP contribution in [-0.2, 0) is 19.7 Å². The highest BCUT2D eigenvalue weighted by atomic mass is 32.2. The summed E-state index contributed by atoms with van der Waals surface area (Å²) in [4.78, 5) is 49.8. The number of rotatable bonds is 3. The third-order valence-electron chi connectivity index (χ3n) is 4.97. The molecule has 0 spiro atoms. The summed E-state index contributed by atoms with van der Waals surface area (Å²) in [5.74, 6) is -4.52. The van der Waals surface area contributed by atoms with E-state index in [1.807, 2.05) is 0 Å². The molecule has 2 bridgehead atoms. The van der Waals surface area contributed by atoms with Crippen LogP contribution < -0.4 is 9.50 Å². The number of nitrogens with one attached hydrogen (secondary N) is 1. The molecule has 1 aromatic rings. The van der Waals surface area contributed by atoms with E-state index in [0.29, 0.717) is 11.0 Å². The molecule has 1 saturated carbocycles. The van der Waals surface area contributed by atoms with Crippen molar-refractivity contribution in [3.8, 4) is 5.75 Å². The molecule has 1 aromatic carbocycles. The average molecular weight is 418 g/mol. The number of carbonyl (C=O) groups is 4. The smallest absolute Gasteiger partial charge is 0.376 e. The Morgan fingerprint density at radius 1 is 1.07 bits per heavy atom. The number of fused-ring (bicyclic) bond motifs is 3. The number of carbonyl (C=O) groups excluding carboxylic acids is 4. The van der Waals surface area contributed by atoms with Gasteiger partial charge in [0.1, 0.15) is 11.3 Å². The Labute approximate surface area is 154 Å². The Kier molecular flexibility index (Phi) is 3.49. The molecule has 28 heavy (non-hydrogen) atoms. The fraction of sp³-hybridized carbons (Fsp3) is 0.333. The topological polar surface area (TPSA) is 127 Å². The van der Waals surface area contributed by atoms with Gasteiger partial charge in [-0.15, -0.1) is 0 Å². The van der Waals surface area contributed by atoms with E-state index in [0.717, 1.165) is 12.1 Å². The maximum atomic E-state index is 12.7. The predicted molar refractivity (Wildman–Crippen MR) is 81.1 cm³/mol. The van der Waals surface area contributed by atoms with Gasteiger partial charge in [0.15, 0.2) is 0 Å². The molecule has 0 aromatic heterocycles. The average Bonchev–Trinajstić information content (AvgIpc) is 2.77. The van der Waals surface area contributed by atoms with Crippen molar-refractivity contribution < 1.29 is 45.0 Å². The summed E-state index contributed by atoms with van der Waals surface area (Å²) < 4.78 is 63.6. The van der Waals surface area contributed by atoms with Gasteiger partial charge < -0.3 is 4.18 Å². The fourth-order valence-corrected chi connectivity index (χ4v) is 4.03.